The van der Waals surface area contributed by atoms with E-state index in [4.69, 9.17) is 0 Å². The van der Waals surface area contributed by atoms with Crippen LogP contribution < -0.4 is 9.62 Å². The van der Waals surface area contributed by atoms with Crippen LogP contribution in [0.1, 0.15) is 47.1 Å². The average molecular weight is 498 g/mol. The molecule has 34 heavy (non-hydrogen) atoms. The molecule has 192 valence electrons. The first kappa shape index (κ1) is 31.5. The van der Waals surface area contributed by atoms with Crippen molar-refractivity contribution in [2.24, 2.45) is 0 Å². The highest BCUT2D eigenvalue weighted by molar-refractivity contribution is 7.87. The van der Waals surface area contributed by atoms with Crippen molar-refractivity contribution in [2.45, 2.75) is 54.0 Å². The summed E-state index contributed by atoms with van der Waals surface area (Å²) < 4.78 is 42.3. The molecule has 2 aromatic carbocycles. The van der Waals surface area contributed by atoms with Crippen molar-refractivity contribution in [1.29, 1.82) is 0 Å². The minimum atomic E-state index is -4.01. The van der Waals surface area contributed by atoms with Gasteiger partial charge in [0.1, 0.15) is 11.9 Å². The van der Waals surface area contributed by atoms with Crippen molar-refractivity contribution in [3.05, 3.63) is 66.0 Å². The van der Waals surface area contributed by atoms with E-state index < -0.39 is 22.2 Å². The highest BCUT2D eigenvalue weighted by Gasteiger charge is 2.28. The molecule has 9 heteroatoms. The lowest BCUT2D eigenvalue weighted by atomic mass is 10.1. The van der Waals surface area contributed by atoms with Crippen LogP contribution in [0.5, 0.6) is 0 Å². The van der Waals surface area contributed by atoms with Crippen molar-refractivity contribution in [2.75, 3.05) is 31.1 Å². The molecule has 0 spiro atoms. The molecular formula is C25H40FN3O4S. The fourth-order valence-corrected chi connectivity index (χ4v) is 4.44. The van der Waals surface area contributed by atoms with Crippen LogP contribution in [0.25, 0.3) is 0 Å². The van der Waals surface area contributed by atoms with E-state index >= 15 is 0 Å². The number of aliphatic carboxylic acids is 1. The molecule has 0 heterocycles. The SMILES string of the molecule is CC.CC.CCN(CCN(CC)S(=O)(=O)NC(Cc1ccccc1)C(=O)O)c1ccc(F)cc1. The summed E-state index contributed by atoms with van der Waals surface area (Å²) in [5.74, 6) is -1.57. The number of halogens is 1. The van der Waals surface area contributed by atoms with Crippen LogP contribution in [-0.2, 0) is 21.4 Å². The number of anilines is 1. The van der Waals surface area contributed by atoms with Crippen LogP contribution in [0.3, 0.4) is 0 Å². The summed E-state index contributed by atoms with van der Waals surface area (Å²) in [6.07, 6.45) is 0.0453. The Kier molecular flexibility index (Phi) is 15.8. The molecule has 2 aromatic rings. The molecule has 0 saturated carbocycles. The lowest BCUT2D eigenvalue weighted by Gasteiger charge is -2.28. The monoisotopic (exact) mass is 497 g/mol. The predicted octanol–water partition coefficient (Wildman–Crippen LogP) is 4.56. The number of hydrogen-bond acceptors (Lipinski definition) is 4. The fourth-order valence-electron chi connectivity index (χ4n) is 3.09. The van der Waals surface area contributed by atoms with Crippen LogP contribution in [0, 0.1) is 5.82 Å². The molecule has 0 fully saturated rings. The second-order valence-electron chi connectivity index (χ2n) is 6.75. The van der Waals surface area contributed by atoms with Crippen LogP contribution in [0.15, 0.2) is 54.6 Å². The van der Waals surface area contributed by atoms with Gasteiger partial charge in [0.05, 0.1) is 0 Å². The van der Waals surface area contributed by atoms with E-state index in [2.05, 4.69) is 4.72 Å². The van der Waals surface area contributed by atoms with E-state index in [1.165, 1.54) is 16.4 Å². The number of rotatable bonds is 12. The molecule has 0 aliphatic carbocycles. The number of benzene rings is 2. The van der Waals surface area contributed by atoms with Crippen molar-refractivity contribution in [3.63, 3.8) is 0 Å². The lowest BCUT2D eigenvalue weighted by molar-refractivity contribution is -0.138. The number of carboxylic acids is 1. The molecule has 0 radical (unpaired) electrons. The van der Waals surface area contributed by atoms with E-state index in [1.54, 1.807) is 43.3 Å². The zero-order chi connectivity index (χ0) is 26.1. The summed E-state index contributed by atoms with van der Waals surface area (Å²) in [5, 5.41) is 9.50. The van der Waals surface area contributed by atoms with Crippen molar-refractivity contribution in [1.82, 2.24) is 9.03 Å². The molecule has 0 aromatic heterocycles. The maximum atomic E-state index is 13.2. The van der Waals surface area contributed by atoms with E-state index in [9.17, 15) is 22.7 Å². The van der Waals surface area contributed by atoms with Gasteiger partial charge in [0.15, 0.2) is 0 Å². The summed E-state index contributed by atoms with van der Waals surface area (Å²) >= 11 is 0. The van der Waals surface area contributed by atoms with Gasteiger partial charge < -0.3 is 10.0 Å². The second kappa shape index (κ2) is 17.0. The van der Waals surface area contributed by atoms with Crippen LogP contribution in [-0.4, -0.2) is 56.0 Å². The molecule has 0 aliphatic heterocycles. The minimum absolute atomic E-state index is 0.0453. The number of nitrogens with one attached hydrogen (secondary N) is 1. The summed E-state index contributed by atoms with van der Waals surface area (Å²) in [6, 6.07) is 13.6. The maximum Gasteiger partial charge on any atom is 0.322 e. The summed E-state index contributed by atoms with van der Waals surface area (Å²) in [7, 11) is -4.01. The molecule has 1 atom stereocenters. The standard InChI is InChI=1S/C21H28FN3O4S.2C2H6/c1-3-24(19-12-10-18(22)11-13-19)14-15-25(4-2)30(28,29)23-20(21(26)27)16-17-8-6-5-7-9-17;2*1-2/h5-13,20,23H,3-4,14-16H2,1-2H3,(H,26,27);2*1-2H3. The number of carboxylic acid groups (broad SMARTS) is 1. The van der Waals surface area contributed by atoms with Gasteiger partial charge in [-0.2, -0.15) is 17.4 Å². The number of likely N-dealkylation sites (N-methyl/N-ethyl adjacent to an activating group) is 2. The molecule has 0 bridgehead atoms. The Hall–Kier alpha value is -2.49. The zero-order valence-corrected chi connectivity index (χ0v) is 22.0. The average Bonchev–Trinajstić information content (AvgIpc) is 2.85. The summed E-state index contributed by atoms with van der Waals surface area (Å²) in [5.41, 5.74) is 1.51. The molecule has 2 N–H and O–H groups in total. The zero-order valence-electron chi connectivity index (χ0n) is 21.2. The van der Waals surface area contributed by atoms with Crippen molar-refractivity contribution >= 4 is 21.9 Å². The van der Waals surface area contributed by atoms with Crippen molar-refractivity contribution < 1.29 is 22.7 Å². The first-order valence-corrected chi connectivity index (χ1v) is 13.3. The maximum absolute atomic E-state index is 13.2. The Bertz CT molecular complexity index is 910. The van der Waals surface area contributed by atoms with Gasteiger partial charge in [-0.05, 0) is 43.2 Å². The predicted molar refractivity (Wildman–Crippen MR) is 138 cm³/mol. The Morgan fingerprint density at radius 1 is 0.941 bits per heavy atom. The van der Waals surface area contributed by atoms with Gasteiger partial charge in [-0.3, -0.25) is 4.79 Å². The first-order chi connectivity index (χ1) is 16.3. The van der Waals surface area contributed by atoms with E-state index in [0.717, 1.165) is 11.3 Å². The fraction of sp³-hybridized carbons (Fsp3) is 0.480. The van der Waals surface area contributed by atoms with Gasteiger partial charge in [0.25, 0.3) is 10.2 Å². The van der Waals surface area contributed by atoms with Crippen LogP contribution >= 0.6 is 0 Å². The lowest BCUT2D eigenvalue weighted by Crippen LogP contribution is -2.50. The summed E-state index contributed by atoms with van der Waals surface area (Å²) in [6.45, 7) is 13.0. The minimum Gasteiger partial charge on any atom is -0.480 e. The molecule has 0 saturated heterocycles. The second-order valence-corrected chi connectivity index (χ2v) is 8.45. The smallest absolute Gasteiger partial charge is 0.322 e. The first-order valence-electron chi connectivity index (χ1n) is 11.8. The van der Waals surface area contributed by atoms with E-state index in [-0.39, 0.29) is 25.3 Å². The molecule has 1 unspecified atom stereocenters. The Morgan fingerprint density at radius 3 is 1.97 bits per heavy atom. The largest absolute Gasteiger partial charge is 0.480 e. The highest BCUT2D eigenvalue weighted by atomic mass is 32.2. The van der Waals surface area contributed by atoms with E-state index in [0.29, 0.717) is 13.1 Å². The topological polar surface area (TPSA) is 90.0 Å². The molecule has 0 aliphatic rings. The Labute approximate surface area is 204 Å². The molecule has 7 nitrogen and oxygen atoms in total. The third kappa shape index (κ3) is 10.6. The normalized spacial score (nSPS) is 11.5. The molecule has 2 rings (SSSR count). The Morgan fingerprint density at radius 2 is 1.50 bits per heavy atom. The number of hydrogen-bond donors (Lipinski definition) is 2. The number of nitrogens with zero attached hydrogens (tertiary/aromatic N) is 2. The molecular weight excluding hydrogens is 457 g/mol. The van der Waals surface area contributed by atoms with Crippen molar-refractivity contribution in [3.8, 4) is 0 Å². The van der Waals surface area contributed by atoms with Gasteiger partial charge in [-0.15, -0.1) is 0 Å². The summed E-state index contributed by atoms with van der Waals surface area (Å²) in [4.78, 5) is 13.6. The van der Waals surface area contributed by atoms with Gasteiger partial charge in [0, 0.05) is 31.9 Å². The van der Waals surface area contributed by atoms with E-state index in [1.807, 2.05) is 45.6 Å². The quantitative estimate of drug-likeness (QED) is 0.449. The van der Waals surface area contributed by atoms with Gasteiger partial charge >= 0.3 is 5.97 Å². The van der Waals surface area contributed by atoms with Crippen LogP contribution in [0.2, 0.25) is 0 Å². The van der Waals surface area contributed by atoms with Gasteiger partial charge in [0.2, 0.25) is 0 Å². The molecule has 0 amide bonds. The van der Waals surface area contributed by atoms with Gasteiger partial charge in [-0.25, -0.2) is 4.39 Å². The van der Waals surface area contributed by atoms with Crippen LogP contribution in [0.4, 0.5) is 10.1 Å². The third-order valence-electron chi connectivity index (χ3n) is 4.76. The third-order valence-corrected chi connectivity index (χ3v) is 6.46. The van der Waals surface area contributed by atoms with Gasteiger partial charge in [-0.1, -0.05) is 65.0 Å². The Balaban J connectivity index is 0.00000258. The number of carbonyl (C=O) groups is 1. The highest BCUT2D eigenvalue weighted by Crippen LogP contribution is 2.15.